The summed E-state index contributed by atoms with van der Waals surface area (Å²) in [5.74, 6) is 2.42. The van der Waals surface area contributed by atoms with E-state index in [0.29, 0.717) is 0 Å². The van der Waals surface area contributed by atoms with Crippen LogP contribution in [0.25, 0.3) is 44.4 Å². The Bertz CT molecular complexity index is 2270. The molecule has 0 radical (unpaired) electrons. The summed E-state index contributed by atoms with van der Waals surface area (Å²) in [7, 11) is 0. The van der Waals surface area contributed by atoms with Crippen LogP contribution in [0.15, 0.2) is 110 Å². The van der Waals surface area contributed by atoms with E-state index in [0.717, 1.165) is 58.1 Å². The van der Waals surface area contributed by atoms with Gasteiger partial charge in [-0.1, -0.05) is 45.0 Å². The number of pyridine rings is 1. The fraction of sp³-hybridized carbons (Fsp3) is 0.238. The molecular formula is C42H41N5O. The largest absolute Gasteiger partial charge is 0.457 e. The third-order valence-electron chi connectivity index (χ3n) is 9.66. The molecule has 1 aliphatic rings. The molecule has 0 unspecified atom stereocenters. The van der Waals surface area contributed by atoms with Gasteiger partial charge in [0.2, 0.25) is 0 Å². The standard InChI is InChI=1S/C42H41N5O/c1-28-21-33(45-19-8-9-20-45)22-29(2)41(28)30-26-44-46(27-30)32-11-10-12-34(24-32)48-35-15-16-37-36-13-6-7-14-38(36)47(39(37)25-35)40-23-31(17-18-43-40)42(3,4)5/h6-7,10-18,21-27H,8-9,19-20H2,1-5H3. The van der Waals surface area contributed by atoms with Crippen molar-refractivity contribution in [3.05, 3.63) is 126 Å². The van der Waals surface area contributed by atoms with Crippen LogP contribution in [0.3, 0.4) is 0 Å². The Morgan fingerprint density at radius 1 is 0.708 bits per heavy atom. The summed E-state index contributed by atoms with van der Waals surface area (Å²) in [5, 5.41) is 7.12. The number of nitrogens with zero attached hydrogens (tertiary/aromatic N) is 5. The van der Waals surface area contributed by atoms with Gasteiger partial charge in [-0.3, -0.25) is 4.57 Å². The van der Waals surface area contributed by atoms with E-state index in [9.17, 15) is 0 Å². The molecule has 0 aliphatic carbocycles. The lowest BCUT2D eigenvalue weighted by molar-refractivity contribution is 0.483. The zero-order chi connectivity index (χ0) is 33.0. The maximum Gasteiger partial charge on any atom is 0.137 e. The number of aryl methyl sites for hydroxylation is 2. The SMILES string of the molecule is Cc1cc(N2CCCC2)cc(C)c1-c1cnn(-c2cccc(Oc3ccc4c5ccccc5n(-c5cc(C(C)(C)C)ccn5)c4c3)c2)c1. The molecule has 0 atom stereocenters. The predicted octanol–water partition coefficient (Wildman–Crippen LogP) is 10.3. The number of aromatic nitrogens is 4. The van der Waals surface area contributed by atoms with Gasteiger partial charge in [0.1, 0.15) is 17.3 Å². The second-order valence-electron chi connectivity index (χ2n) is 14.1. The first-order valence-corrected chi connectivity index (χ1v) is 16.9. The Hall–Kier alpha value is -5.36. The summed E-state index contributed by atoms with van der Waals surface area (Å²) >= 11 is 0. The third-order valence-corrected chi connectivity index (χ3v) is 9.66. The van der Waals surface area contributed by atoms with Crippen LogP contribution in [-0.2, 0) is 5.41 Å². The predicted molar refractivity (Wildman–Crippen MR) is 197 cm³/mol. The van der Waals surface area contributed by atoms with Crippen LogP contribution in [0.4, 0.5) is 5.69 Å². The molecule has 1 aliphatic heterocycles. The first kappa shape index (κ1) is 30.0. The Morgan fingerprint density at radius 2 is 1.46 bits per heavy atom. The molecule has 1 fully saturated rings. The average molecular weight is 632 g/mol. The van der Waals surface area contributed by atoms with Crippen molar-refractivity contribution in [2.45, 2.75) is 52.9 Å². The molecule has 1 saturated heterocycles. The van der Waals surface area contributed by atoms with Crippen molar-refractivity contribution >= 4 is 27.5 Å². The lowest BCUT2D eigenvalue weighted by atomic mass is 9.88. The molecule has 48 heavy (non-hydrogen) atoms. The number of hydrogen-bond donors (Lipinski definition) is 0. The summed E-state index contributed by atoms with van der Waals surface area (Å²) < 4.78 is 10.7. The Labute approximate surface area is 282 Å². The van der Waals surface area contributed by atoms with E-state index < -0.39 is 0 Å². The molecular weight excluding hydrogens is 590 g/mol. The zero-order valence-electron chi connectivity index (χ0n) is 28.4. The Morgan fingerprint density at radius 3 is 2.25 bits per heavy atom. The quantitative estimate of drug-likeness (QED) is 0.183. The lowest BCUT2D eigenvalue weighted by Crippen LogP contribution is -2.17. The fourth-order valence-electron chi connectivity index (χ4n) is 7.24. The molecule has 240 valence electrons. The summed E-state index contributed by atoms with van der Waals surface area (Å²) in [4.78, 5) is 7.32. The van der Waals surface area contributed by atoms with Crippen LogP contribution in [0.5, 0.6) is 11.5 Å². The molecule has 0 bridgehead atoms. The fourth-order valence-corrected chi connectivity index (χ4v) is 7.24. The van der Waals surface area contributed by atoms with Gasteiger partial charge in [0, 0.05) is 59.6 Å². The minimum Gasteiger partial charge on any atom is -0.457 e. The Kier molecular flexibility index (Phi) is 7.32. The highest BCUT2D eigenvalue weighted by Crippen LogP contribution is 2.37. The minimum absolute atomic E-state index is 0.0146. The number of anilines is 1. The smallest absolute Gasteiger partial charge is 0.137 e. The molecule has 7 aromatic rings. The molecule has 3 aromatic heterocycles. The van der Waals surface area contributed by atoms with Crippen molar-refractivity contribution in [2.75, 3.05) is 18.0 Å². The van der Waals surface area contributed by atoms with E-state index in [4.69, 9.17) is 14.8 Å². The summed E-state index contributed by atoms with van der Waals surface area (Å²) in [6.45, 7) is 13.4. The maximum atomic E-state index is 6.53. The number of fused-ring (bicyclic) bond motifs is 3. The van der Waals surface area contributed by atoms with E-state index >= 15 is 0 Å². The van der Waals surface area contributed by atoms with Gasteiger partial charge in [-0.15, -0.1) is 0 Å². The lowest BCUT2D eigenvalue weighted by Gasteiger charge is -2.20. The van der Waals surface area contributed by atoms with Crippen molar-refractivity contribution in [1.29, 1.82) is 0 Å². The molecule has 0 amide bonds. The van der Waals surface area contributed by atoms with Crippen LogP contribution in [0, 0.1) is 13.8 Å². The highest BCUT2D eigenvalue weighted by Gasteiger charge is 2.19. The van der Waals surface area contributed by atoms with Crippen molar-refractivity contribution in [3.63, 3.8) is 0 Å². The second-order valence-corrected chi connectivity index (χ2v) is 14.1. The summed E-state index contributed by atoms with van der Waals surface area (Å²) in [6, 6.07) is 31.9. The summed E-state index contributed by atoms with van der Waals surface area (Å²) in [6.07, 6.45) is 8.55. The van der Waals surface area contributed by atoms with Gasteiger partial charge < -0.3 is 9.64 Å². The van der Waals surface area contributed by atoms with Gasteiger partial charge in [0.15, 0.2) is 0 Å². The van der Waals surface area contributed by atoms with E-state index in [2.05, 4.69) is 117 Å². The first-order valence-electron chi connectivity index (χ1n) is 16.9. The topological polar surface area (TPSA) is 48.1 Å². The normalized spacial score (nSPS) is 13.6. The van der Waals surface area contributed by atoms with Gasteiger partial charge in [-0.05, 0) is 109 Å². The van der Waals surface area contributed by atoms with Crippen molar-refractivity contribution < 1.29 is 4.74 Å². The average Bonchev–Trinajstić information content (AvgIpc) is 3.84. The zero-order valence-corrected chi connectivity index (χ0v) is 28.4. The molecule has 0 spiro atoms. The number of para-hydroxylation sites is 1. The van der Waals surface area contributed by atoms with Gasteiger partial charge in [0.25, 0.3) is 0 Å². The number of ether oxygens (including phenoxy) is 1. The van der Waals surface area contributed by atoms with Crippen LogP contribution >= 0.6 is 0 Å². The van der Waals surface area contributed by atoms with Crippen LogP contribution in [0.2, 0.25) is 0 Å². The van der Waals surface area contributed by atoms with E-state index in [-0.39, 0.29) is 5.41 Å². The maximum absolute atomic E-state index is 6.53. The molecule has 8 rings (SSSR count). The van der Waals surface area contributed by atoms with Gasteiger partial charge in [-0.2, -0.15) is 5.10 Å². The minimum atomic E-state index is 0.0146. The van der Waals surface area contributed by atoms with E-state index in [1.54, 1.807) is 0 Å². The van der Waals surface area contributed by atoms with Crippen LogP contribution < -0.4 is 9.64 Å². The van der Waals surface area contributed by atoms with Crippen molar-refractivity contribution in [3.8, 4) is 34.1 Å². The number of hydrogen-bond acceptors (Lipinski definition) is 4. The molecule has 6 nitrogen and oxygen atoms in total. The molecule has 0 N–H and O–H groups in total. The molecule has 4 heterocycles. The molecule has 0 saturated carbocycles. The highest BCUT2D eigenvalue weighted by molar-refractivity contribution is 6.09. The van der Waals surface area contributed by atoms with E-state index in [1.807, 2.05) is 41.3 Å². The van der Waals surface area contributed by atoms with Gasteiger partial charge >= 0.3 is 0 Å². The number of rotatable bonds is 6. The monoisotopic (exact) mass is 631 g/mol. The van der Waals surface area contributed by atoms with Gasteiger partial charge in [0.05, 0.1) is 22.9 Å². The Balaban J connectivity index is 1.11. The van der Waals surface area contributed by atoms with Crippen molar-refractivity contribution in [2.24, 2.45) is 0 Å². The highest BCUT2D eigenvalue weighted by atomic mass is 16.5. The first-order chi connectivity index (χ1) is 23.2. The molecule has 6 heteroatoms. The third kappa shape index (κ3) is 5.41. The van der Waals surface area contributed by atoms with E-state index in [1.165, 1.54) is 46.2 Å². The second kappa shape index (κ2) is 11.7. The van der Waals surface area contributed by atoms with Crippen LogP contribution in [0.1, 0.15) is 50.3 Å². The van der Waals surface area contributed by atoms with Gasteiger partial charge in [-0.25, -0.2) is 9.67 Å². The van der Waals surface area contributed by atoms with Crippen molar-refractivity contribution in [1.82, 2.24) is 19.3 Å². The molecule has 4 aromatic carbocycles. The number of benzene rings is 4. The van der Waals surface area contributed by atoms with Crippen LogP contribution in [-0.4, -0.2) is 32.4 Å². The summed E-state index contributed by atoms with van der Waals surface area (Å²) in [5.41, 5.74) is 10.6.